The van der Waals surface area contributed by atoms with E-state index in [0.29, 0.717) is 16.5 Å². The van der Waals surface area contributed by atoms with Gasteiger partial charge in [0, 0.05) is 15.8 Å². The fourth-order valence-corrected chi connectivity index (χ4v) is 2.55. The first-order chi connectivity index (χ1) is 7.95. The molecular formula is C12H14Br2ClNO. The molecule has 0 aliphatic rings. The molecule has 0 spiro atoms. The summed E-state index contributed by atoms with van der Waals surface area (Å²) in [6.45, 7) is 4.06. The van der Waals surface area contributed by atoms with Crippen molar-refractivity contribution in [2.75, 3.05) is 5.33 Å². The maximum Gasteiger partial charge on any atom is 0.253 e. The Kier molecular flexibility index (Phi) is 5.97. The molecule has 1 rings (SSSR count). The highest BCUT2D eigenvalue weighted by Crippen LogP contribution is 2.21. The van der Waals surface area contributed by atoms with Crippen molar-refractivity contribution in [3.8, 4) is 0 Å². The maximum atomic E-state index is 12.0. The number of carbonyl (C=O) groups is 1. The van der Waals surface area contributed by atoms with Crippen molar-refractivity contribution >= 4 is 49.4 Å². The second-order valence-electron chi connectivity index (χ2n) is 4.02. The third-order valence-corrected chi connectivity index (χ3v) is 4.46. The first-order valence-corrected chi connectivity index (χ1v) is 7.56. The lowest BCUT2D eigenvalue weighted by atomic mass is 10.1. The average molecular weight is 384 g/mol. The molecule has 0 saturated heterocycles. The lowest BCUT2D eigenvalue weighted by Crippen LogP contribution is -2.37. The summed E-state index contributed by atoms with van der Waals surface area (Å²) >= 11 is 12.7. The average Bonchev–Trinajstić information content (AvgIpc) is 2.27. The second-order valence-corrected chi connectivity index (χ2v) is 5.99. The summed E-state index contributed by atoms with van der Waals surface area (Å²) in [4.78, 5) is 12.0. The third-order valence-electron chi connectivity index (χ3n) is 2.63. The van der Waals surface area contributed by atoms with Gasteiger partial charge in [-0.3, -0.25) is 4.79 Å². The van der Waals surface area contributed by atoms with Crippen LogP contribution in [0.3, 0.4) is 0 Å². The zero-order valence-electron chi connectivity index (χ0n) is 9.64. The molecule has 1 N–H and O–H groups in total. The number of alkyl halides is 1. The van der Waals surface area contributed by atoms with Gasteiger partial charge in [-0.05, 0) is 31.0 Å². The minimum absolute atomic E-state index is 0.0987. The Bertz CT molecular complexity index is 411. The van der Waals surface area contributed by atoms with Crippen LogP contribution in [0, 0.1) is 5.92 Å². The monoisotopic (exact) mass is 381 g/mol. The predicted octanol–water partition coefficient (Wildman–Crippen LogP) is 4.25. The molecule has 1 aromatic rings. The first-order valence-electron chi connectivity index (χ1n) is 5.27. The first kappa shape index (κ1) is 15.0. The van der Waals surface area contributed by atoms with E-state index in [0.717, 1.165) is 9.80 Å². The van der Waals surface area contributed by atoms with Crippen LogP contribution in [0.25, 0.3) is 0 Å². The number of carbonyl (C=O) groups excluding carboxylic acids is 1. The molecule has 94 valence electrons. The lowest BCUT2D eigenvalue weighted by molar-refractivity contribution is 0.0931. The topological polar surface area (TPSA) is 29.1 Å². The molecule has 0 fully saturated rings. The summed E-state index contributed by atoms with van der Waals surface area (Å²) in [5.41, 5.74) is 0.503. The number of amides is 1. The molecule has 2 unspecified atom stereocenters. The van der Waals surface area contributed by atoms with Crippen LogP contribution in [-0.4, -0.2) is 17.3 Å². The minimum atomic E-state index is -0.136. The van der Waals surface area contributed by atoms with Gasteiger partial charge in [0.2, 0.25) is 0 Å². The summed E-state index contributed by atoms with van der Waals surface area (Å²) < 4.78 is 0.862. The van der Waals surface area contributed by atoms with E-state index in [2.05, 4.69) is 44.1 Å². The standard InChI is InChI=1S/C12H14Br2ClNO/c1-7(6-13)8(2)16-12(17)10-4-3-9(14)5-11(10)15/h3-5,7-8H,6H2,1-2H3,(H,16,17). The molecular weight excluding hydrogens is 369 g/mol. The van der Waals surface area contributed by atoms with Crippen molar-refractivity contribution in [3.05, 3.63) is 33.3 Å². The molecule has 17 heavy (non-hydrogen) atoms. The van der Waals surface area contributed by atoms with Crippen LogP contribution in [0.15, 0.2) is 22.7 Å². The van der Waals surface area contributed by atoms with Crippen molar-refractivity contribution in [1.82, 2.24) is 5.32 Å². The van der Waals surface area contributed by atoms with Crippen molar-refractivity contribution in [2.24, 2.45) is 5.92 Å². The van der Waals surface area contributed by atoms with E-state index >= 15 is 0 Å². The van der Waals surface area contributed by atoms with Crippen LogP contribution in [0.1, 0.15) is 24.2 Å². The summed E-state index contributed by atoms with van der Waals surface area (Å²) in [5.74, 6) is 0.232. The zero-order valence-corrected chi connectivity index (χ0v) is 13.6. The molecule has 1 amide bonds. The van der Waals surface area contributed by atoms with Gasteiger partial charge in [-0.2, -0.15) is 0 Å². The normalized spacial score (nSPS) is 14.2. The van der Waals surface area contributed by atoms with Gasteiger partial charge < -0.3 is 5.32 Å². The van der Waals surface area contributed by atoms with E-state index < -0.39 is 0 Å². The van der Waals surface area contributed by atoms with Gasteiger partial charge in [-0.25, -0.2) is 0 Å². The van der Waals surface area contributed by atoms with E-state index in [9.17, 15) is 4.79 Å². The van der Waals surface area contributed by atoms with Crippen LogP contribution < -0.4 is 5.32 Å². The number of nitrogens with one attached hydrogen (secondary N) is 1. The molecule has 0 bridgehead atoms. The Labute approximate surface area is 123 Å². The Morgan fingerprint density at radius 2 is 2.12 bits per heavy atom. The van der Waals surface area contributed by atoms with Crippen LogP contribution >= 0.6 is 43.5 Å². The van der Waals surface area contributed by atoms with Crippen molar-refractivity contribution in [2.45, 2.75) is 19.9 Å². The molecule has 2 nitrogen and oxygen atoms in total. The van der Waals surface area contributed by atoms with Gasteiger partial charge in [0.1, 0.15) is 0 Å². The number of hydrogen-bond acceptors (Lipinski definition) is 1. The molecule has 0 radical (unpaired) electrons. The van der Waals surface area contributed by atoms with E-state index in [4.69, 9.17) is 11.6 Å². The Morgan fingerprint density at radius 1 is 1.47 bits per heavy atom. The van der Waals surface area contributed by atoms with Crippen LogP contribution in [-0.2, 0) is 0 Å². The number of halogens is 3. The highest BCUT2D eigenvalue weighted by Gasteiger charge is 2.16. The van der Waals surface area contributed by atoms with Gasteiger partial charge in [0.05, 0.1) is 10.6 Å². The summed E-state index contributed by atoms with van der Waals surface area (Å²) in [5, 5.41) is 4.24. The predicted molar refractivity (Wildman–Crippen MR) is 79.0 cm³/mol. The molecule has 1 aromatic carbocycles. The largest absolute Gasteiger partial charge is 0.349 e. The smallest absolute Gasteiger partial charge is 0.253 e. The zero-order chi connectivity index (χ0) is 13.0. The molecule has 0 aliphatic heterocycles. The number of hydrogen-bond donors (Lipinski definition) is 1. The van der Waals surface area contributed by atoms with E-state index in [1.54, 1.807) is 18.2 Å². The molecule has 2 atom stereocenters. The van der Waals surface area contributed by atoms with E-state index in [1.807, 2.05) is 6.92 Å². The SMILES string of the molecule is CC(CBr)C(C)NC(=O)c1ccc(Br)cc1Cl. The fourth-order valence-electron chi connectivity index (χ4n) is 1.23. The summed E-state index contributed by atoms with van der Waals surface area (Å²) in [6.07, 6.45) is 0. The van der Waals surface area contributed by atoms with Crippen LogP contribution in [0.5, 0.6) is 0 Å². The van der Waals surface area contributed by atoms with E-state index in [1.165, 1.54) is 0 Å². The summed E-state index contributed by atoms with van der Waals surface area (Å²) in [7, 11) is 0. The summed E-state index contributed by atoms with van der Waals surface area (Å²) in [6, 6.07) is 5.34. The molecule has 0 heterocycles. The van der Waals surface area contributed by atoms with Gasteiger partial charge in [0.15, 0.2) is 0 Å². The highest BCUT2D eigenvalue weighted by atomic mass is 79.9. The maximum absolute atomic E-state index is 12.0. The molecule has 0 aromatic heterocycles. The quantitative estimate of drug-likeness (QED) is 0.774. The highest BCUT2D eigenvalue weighted by molar-refractivity contribution is 9.10. The van der Waals surface area contributed by atoms with Crippen LogP contribution in [0.2, 0.25) is 5.02 Å². The molecule has 5 heteroatoms. The van der Waals surface area contributed by atoms with Crippen molar-refractivity contribution in [3.63, 3.8) is 0 Å². The fraction of sp³-hybridized carbons (Fsp3) is 0.417. The molecule has 0 aliphatic carbocycles. The Balaban J connectivity index is 2.76. The molecule has 0 saturated carbocycles. The third kappa shape index (κ3) is 4.27. The van der Waals surface area contributed by atoms with Crippen molar-refractivity contribution in [1.29, 1.82) is 0 Å². The Morgan fingerprint density at radius 3 is 2.65 bits per heavy atom. The minimum Gasteiger partial charge on any atom is -0.349 e. The lowest BCUT2D eigenvalue weighted by Gasteiger charge is -2.19. The van der Waals surface area contributed by atoms with Gasteiger partial charge in [-0.1, -0.05) is 50.4 Å². The van der Waals surface area contributed by atoms with Gasteiger partial charge >= 0.3 is 0 Å². The van der Waals surface area contributed by atoms with Gasteiger partial charge in [-0.15, -0.1) is 0 Å². The van der Waals surface area contributed by atoms with Gasteiger partial charge in [0.25, 0.3) is 5.91 Å². The number of benzene rings is 1. The second kappa shape index (κ2) is 6.76. The Hall–Kier alpha value is -0.0600. The number of rotatable bonds is 4. The van der Waals surface area contributed by atoms with E-state index in [-0.39, 0.29) is 11.9 Å². The van der Waals surface area contributed by atoms with Crippen LogP contribution in [0.4, 0.5) is 0 Å². The van der Waals surface area contributed by atoms with Crippen molar-refractivity contribution < 1.29 is 4.79 Å².